The first kappa shape index (κ1) is 14.8. The summed E-state index contributed by atoms with van der Waals surface area (Å²) in [4.78, 5) is 16.7. The maximum absolute atomic E-state index is 13.5. The van der Waals surface area contributed by atoms with Gasteiger partial charge < -0.3 is 0 Å². The van der Waals surface area contributed by atoms with Crippen molar-refractivity contribution in [2.45, 2.75) is 32.2 Å². The molecule has 0 bridgehead atoms. The van der Waals surface area contributed by atoms with E-state index in [1.165, 1.54) is 5.01 Å². The predicted molar refractivity (Wildman–Crippen MR) is 76.4 cm³/mol. The highest BCUT2D eigenvalue weighted by Crippen LogP contribution is 2.46. The van der Waals surface area contributed by atoms with Crippen molar-refractivity contribution in [2.24, 2.45) is 5.41 Å². The maximum atomic E-state index is 13.5. The van der Waals surface area contributed by atoms with Crippen LogP contribution >= 0.6 is 15.9 Å². The zero-order valence-electron chi connectivity index (χ0n) is 11.6. The Hall–Kier alpha value is -1.08. The molecule has 1 amide bonds. The van der Waals surface area contributed by atoms with Crippen LogP contribution in [0.1, 0.15) is 31.4 Å². The normalized spacial score (nSPS) is 29.5. The van der Waals surface area contributed by atoms with Crippen LogP contribution in [-0.4, -0.2) is 40.4 Å². The first-order chi connectivity index (χ1) is 9.99. The van der Waals surface area contributed by atoms with Crippen molar-refractivity contribution in [1.82, 2.24) is 15.0 Å². The summed E-state index contributed by atoms with van der Waals surface area (Å²) in [6, 6.07) is 1.69. The van der Waals surface area contributed by atoms with Gasteiger partial charge in [0.05, 0.1) is 6.04 Å². The molecule has 0 radical (unpaired) electrons. The monoisotopic (exact) mass is 359 g/mol. The number of nitrogens with zero attached hydrogens (tertiary/aromatic N) is 3. The lowest BCUT2D eigenvalue weighted by molar-refractivity contribution is -0.148. The fraction of sp³-hybridized carbons (Fsp3) is 0.571. The molecule has 0 aromatic carbocycles. The summed E-state index contributed by atoms with van der Waals surface area (Å²) in [6.07, 6.45) is 1.62. The van der Waals surface area contributed by atoms with Crippen molar-refractivity contribution in [3.63, 3.8) is 0 Å². The average Bonchev–Trinajstić information content (AvgIpc) is 2.98. The fourth-order valence-electron chi connectivity index (χ4n) is 3.24. The van der Waals surface area contributed by atoms with Crippen LogP contribution in [0.25, 0.3) is 0 Å². The molecule has 2 aliphatic heterocycles. The molecule has 0 N–H and O–H groups in total. The van der Waals surface area contributed by atoms with Crippen LogP contribution in [0.4, 0.5) is 8.78 Å². The number of amides is 1. The minimum Gasteiger partial charge on any atom is -0.272 e. The quantitative estimate of drug-likeness (QED) is 0.832. The summed E-state index contributed by atoms with van der Waals surface area (Å²) in [7, 11) is 0. The Bertz CT molecular complexity index is 571. The van der Waals surface area contributed by atoms with Crippen molar-refractivity contribution in [1.29, 1.82) is 0 Å². The zero-order valence-corrected chi connectivity index (χ0v) is 13.2. The van der Waals surface area contributed by atoms with E-state index in [1.807, 2.05) is 6.07 Å². The molecule has 7 heteroatoms. The van der Waals surface area contributed by atoms with E-state index in [9.17, 15) is 13.6 Å². The van der Waals surface area contributed by atoms with Gasteiger partial charge in [-0.05, 0) is 40.4 Å². The number of rotatable bonds is 3. The van der Waals surface area contributed by atoms with E-state index in [-0.39, 0.29) is 19.0 Å². The molecule has 4 nitrogen and oxygen atoms in total. The molecule has 21 heavy (non-hydrogen) atoms. The molecule has 1 aromatic rings. The lowest BCUT2D eigenvalue weighted by atomic mass is 9.84. The van der Waals surface area contributed by atoms with E-state index in [0.717, 1.165) is 16.5 Å². The Balaban J connectivity index is 1.94. The standard InChI is InChI=1S/C14H16BrF2N3O/c1-2-14(12(16)17)8-19-4-3-11(20(19)13(14)21)9-5-10(15)7-18-6-9/h5-7,11-12H,2-4,8H2,1H3/t11-,14+/m1/s1. The van der Waals surface area contributed by atoms with E-state index < -0.39 is 17.7 Å². The van der Waals surface area contributed by atoms with Gasteiger partial charge in [-0.1, -0.05) is 6.92 Å². The topological polar surface area (TPSA) is 36.4 Å². The van der Waals surface area contributed by atoms with Crippen LogP contribution < -0.4 is 0 Å². The third-order valence-corrected chi connectivity index (χ3v) is 4.95. The minimum absolute atomic E-state index is 0.109. The lowest BCUT2D eigenvalue weighted by Crippen LogP contribution is -2.41. The molecule has 0 unspecified atom stereocenters. The van der Waals surface area contributed by atoms with Gasteiger partial charge in [0.2, 0.25) is 0 Å². The highest BCUT2D eigenvalue weighted by molar-refractivity contribution is 9.10. The van der Waals surface area contributed by atoms with Gasteiger partial charge in [-0.2, -0.15) is 0 Å². The summed E-state index contributed by atoms with van der Waals surface area (Å²) in [5.74, 6) is -0.456. The van der Waals surface area contributed by atoms with Gasteiger partial charge in [0, 0.05) is 30.0 Å². The van der Waals surface area contributed by atoms with Crippen molar-refractivity contribution >= 4 is 21.8 Å². The third kappa shape index (κ3) is 2.17. The number of alkyl halides is 2. The number of carbonyl (C=O) groups is 1. The van der Waals surface area contributed by atoms with E-state index in [0.29, 0.717) is 6.54 Å². The number of hydrogen-bond acceptors (Lipinski definition) is 3. The van der Waals surface area contributed by atoms with Crippen molar-refractivity contribution in [3.05, 3.63) is 28.5 Å². The molecule has 114 valence electrons. The highest BCUT2D eigenvalue weighted by atomic mass is 79.9. The molecule has 2 saturated heterocycles. The number of pyridine rings is 1. The Kier molecular flexibility index (Phi) is 3.73. The number of fused-ring (bicyclic) bond motifs is 1. The molecule has 0 saturated carbocycles. The van der Waals surface area contributed by atoms with Gasteiger partial charge in [-0.15, -0.1) is 0 Å². The van der Waals surface area contributed by atoms with Gasteiger partial charge in [0.15, 0.2) is 0 Å². The molecule has 2 fully saturated rings. The summed E-state index contributed by atoms with van der Waals surface area (Å²) in [5.41, 5.74) is -0.681. The average molecular weight is 360 g/mol. The van der Waals surface area contributed by atoms with E-state index >= 15 is 0 Å². The lowest BCUT2D eigenvalue weighted by Gasteiger charge is -2.27. The number of aromatic nitrogens is 1. The molecular weight excluding hydrogens is 344 g/mol. The smallest absolute Gasteiger partial charge is 0.254 e. The van der Waals surface area contributed by atoms with Gasteiger partial charge in [-0.25, -0.2) is 13.8 Å². The first-order valence-corrected chi connectivity index (χ1v) is 7.76. The van der Waals surface area contributed by atoms with Crippen LogP contribution in [0, 0.1) is 5.41 Å². The first-order valence-electron chi connectivity index (χ1n) is 6.96. The van der Waals surface area contributed by atoms with Crippen LogP contribution in [0.15, 0.2) is 22.9 Å². The fourth-order valence-corrected chi connectivity index (χ4v) is 3.63. The Morgan fingerprint density at radius 3 is 2.90 bits per heavy atom. The van der Waals surface area contributed by atoms with Gasteiger partial charge in [0.25, 0.3) is 12.3 Å². The largest absolute Gasteiger partial charge is 0.272 e. The second-order valence-electron chi connectivity index (χ2n) is 5.59. The summed E-state index contributed by atoms with van der Waals surface area (Å²) >= 11 is 3.36. The van der Waals surface area contributed by atoms with Crippen LogP contribution in [0.5, 0.6) is 0 Å². The molecule has 0 aliphatic carbocycles. The molecule has 1 aromatic heterocycles. The second kappa shape index (κ2) is 5.28. The molecule has 0 spiro atoms. The van der Waals surface area contributed by atoms with Crippen molar-refractivity contribution in [3.8, 4) is 0 Å². The summed E-state index contributed by atoms with van der Waals surface area (Å²) in [5, 5.41) is 3.29. The molecular formula is C14H16BrF2N3O. The number of halogens is 3. The Labute approximate surface area is 130 Å². The van der Waals surface area contributed by atoms with Crippen molar-refractivity contribution in [2.75, 3.05) is 13.1 Å². The summed E-state index contributed by atoms with van der Waals surface area (Å²) < 4.78 is 27.7. The SMILES string of the molecule is CC[C@@]1(C(F)F)CN2CC[C@H](c3cncc(Br)c3)N2C1=O. The van der Waals surface area contributed by atoms with Gasteiger partial charge >= 0.3 is 0 Å². The van der Waals surface area contributed by atoms with Gasteiger partial charge in [0.1, 0.15) is 5.41 Å². The minimum atomic E-state index is -2.64. The molecule has 3 heterocycles. The Morgan fingerprint density at radius 2 is 2.29 bits per heavy atom. The van der Waals surface area contributed by atoms with E-state index in [4.69, 9.17) is 0 Å². The number of carbonyl (C=O) groups excluding carboxylic acids is 1. The maximum Gasteiger partial charge on any atom is 0.254 e. The number of hydrogen-bond donors (Lipinski definition) is 0. The van der Waals surface area contributed by atoms with Gasteiger partial charge in [-0.3, -0.25) is 14.8 Å². The third-order valence-electron chi connectivity index (χ3n) is 4.52. The van der Waals surface area contributed by atoms with E-state index in [2.05, 4.69) is 20.9 Å². The Morgan fingerprint density at radius 1 is 1.52 bits per heavy atom. The number of hydrazine groups is 1. The van der Waals surface area contributed by atoms with Crippen molar-refractivity contribution < 1.29 is 13.6 Å². The van der Waals surface area contributed by atoms with Crippen LogP contribution in [-0.2, 0) is 4.79 Å². The molecule has 3 rings (SSSR count). The molecule has 2 aliphatic rings. The second-order valence-corrected chi connectivity index (χ2v) is 6.50. The highest BCUT2D eigenvalue weighted by Gasteiger charge is 2.59. The molecule has 2 atom stereocenters. The van der Waals surface area contributed by atoms with Crippen LogP contribution in [0.2, 0.25) is 0 Å². The zero-order chi connectivity index (χ0) is 15.2. The van der Waals surface area contributed by atoms with Crippen LogP contribution in [0.3, 0.4) is 0 Å². The predicted octanol–water partition coefficient (Wildman–Crippen LogP) is 3.01. The summed E-state index contributed by atoms with van der Waals surface area (Å²) in [6.45, 7) is 2.39. The van der Waals surface area contributed by atoms with E-state index in [1.54, 1.807) is 24.3 Å².